The minimum Gasteiger partial charge on any atom is -0.348 e. The maximum Gasteiger partial charge on any atom is 0.254 e. The van der Waals surface area contributed by atoms with E-state index in [0.717, 1.165) is 29.3 Å². The lowest BCUT2D eigenvalue weighted by molar-refractivity contribution is 0.0946. The maximum absolute atomic E-state index is 13.5. The molecular formula is C18H15F2N3O. The van der Waals surface area contributed by atoms with Crippen LogP contribution in [0.25, 0.3) is 0 Å². The quantitative estimate of drug-likeness (QED) is 0.782. The van der Waals surface area contributed by atoms with Crippen molar-refractivity contribution in [3.63, 3.8) is 0 Å². The van der Waals surface area contributed by atoms with Crippen molar-refractivity contribution in [3.8, 4) is 0 Å². The van der Waals surface area contributed by atoms with Gasteiger partial charge in [0, 0.05) is 25.5 Å². The average molecular weight is 327 g/mol. The van der Waals surface area contributed by atoms with Crippen molar-refractivity contribution in [3.05, 3.63) is 89.5 Å². The van der Waals surface area contributed by atoms with E-state index in [1.165, 1.54) is 0 Å². The molecule has 6 heteroatoms. The average Bonchev–Trinajstić information content (AvgIpc) is 3.09. The molecule has 1 aromatic heterocycles. The van der Waals surface area contributed by atoms with Gasteiger partial charge in [0.1, 0.15) is 11.6 Å². The lowest BCUT2D eigenvalue weighted by atomic mass is 10.1. The second-order valence-corrected chi connectivity index (χ2v) is 5.36. The number of hydrogen-bond acceptors (Lipinski definition) is 2. The zero-order chi connectivity index (χ0) is 16.9. The van der Waals surface area contributed by atoms with E-state index in [0.29, 0.717) is 6.54 Å². The van der Waals surface area contributed by atoms with Gasteiger partial charge in [-0.05, 0) is 29.3 Å². The fraction of sp³-hybridized carbons (Fsp3) is 0.111. The fourth-order valence-corrected chi connectivity index (χ4v) is 2.30. The Morgan fingerprint density at radius 1 is 1.08 bits per heavy atom. The molecule has 0 fully saturated rings. The summed E-state index contributed by atoms with van der Waals surface area (Å²) in [6, 6.07) is 10.5. The van der Waals surface area contributed by atoms with E-state index >= 15 is 0 Å². The number of imidazole rings is 1. The third-order valence-electron chi connectivity index (χ3n) is 3.57. The van der Waals surface area contributed by atoms with Gasteiger partial charge in [0.2, 0.25) is 0 Å². The second kappa shape index (κ2) is 7.04. The summed E-state index contributed by atoms with van der Waals surface area (Å²) in [5.41, 5.74) is 1.67. The molecule has 0 aliphatic carbocycles. The maximum atomic E-state index is 13.5. The number of nitrogens with one attached hydrogen (secondary N) is 1. The van der Waals surface area contributed by atoms with Crippen molar-refractivity contribution in [2.45, 2.75) is 13.1 Å². The highest BCUT2D eigenvalue weighted by Crippen LogP contribution is 2.11. The minimum absolute atomic E-state index is 0.236. The molecule has 2 aromatic carbocycles. The van der Waals surface area contributed by atoms with Crippen LogP contribution in [0.4, 0.5) is 8.78 Å². The summed E-state index contributed by atoms with van der Waals surface area (Å²) >= 11 is 0. The van der Waals surface area contributed by atoms with Gasteiger partial charge < -0.3 is 9.88 Å². The van der Waals surface area contributed by atoms with Gasteiger partial charge in [-0.2, -0.15) is 0 Å². The molecule has 24 heavy (non-hydrogen) atoms. The molecule has 122 valence electrons. The zero-order valence-corrected chi connectivity index (χ0v) is 12.7. The van der Waals surface area contributed by atoms with Crippen molar-refractivity contribution in [2.75, 3.05) is 0 Å². The summed E-state index contributed by atoms with van der Waals surface area (Å²) in [7, 11) is 0. The van der Waals surface area contributed by atoms with E-state index in [1.807, 2.05) is 35.0 Å². The smallest absolute Gasteiger partial charge is 0.254 e. The van der Waals surface area contributed by atoms with Gasteiger partial charge in [0.15, 0.2) is 0 Å². The molecule has 3 aromatic rings. The number of aromatic nitrogens is 2. The van der Waals surface area contributed by atoms with E-state index in [-0.39, 0.29) is 12.1 Å². The fourth-order valence-electron chi connectivity index (χ4n) is 2.30. The first-order chi connectivity index (χ1) is 11.6. The number of rotatable bonds is 5. The molecule has 0 spiro atoms. The number of hydrogen-bond donors (Lipinski definition) is 1. The number of nitrogens with zero attached hydrogens (tertiary/aromatic N) is 2. The normalized spacial score (nSPS) is 10.6. The van der Waals surface area contributed by atoms with Crippen LogP contribution < -0.4 is 5.32 Å². The predicted octanol–water partition coefficient (Wildman–Crippen LogP) is 3.14. The topological polar surface area (TPSA) is 46.9 Å². The number of halogens is 2. The Kier molecular flexibility index (Phi) is 4.65. The number of carbonyl (C=O) groups excluding carboxylic acids is 1. The molecule has 1 heterocycles. The van der Waals surface area contributed by atoms with Crippen LogP contribution >= 0.6 is 0 Å². The Morgan fingerprint density at radius 2 is 1.83 bits per heavy atom. The lowest BCUT2D eigenvalue weighted by Crippen LogP contribution is -2.24. The van der Waals surface area contributed by atoms with Crippen molar-refractivity contribution < 1.29 is 13.6 Å². The third kappa shape index (κ3) is 3.84. The molecule has 0 bridgehead atoms. The lowest BCUT2D eigenvalue weighted by Gasteiger charge is -2.08. The van der Waals surface area contributed by atoms with Crippen LogP contribution in [0.15, 0.2) is 61.2 Å². The van der Waals surface area contributed by atoms with E-state index in [1.54, 1.807) is 12.5 Å². The van der Waals surface area contributed by atoms with Gasteiger partial charge in [-0.3, -0.25) is 4.79 Å². The zero-order valence-electron chi connectivity index (χ0n) is 12.7. The standard InChI is InChI=1S/C18H15F2N3O/c19-15-5-6-17(20)16(9-15)18(24)22-10-13-1-3-14(4-2-13)11-23-8-7-21-12-23/h1-9,12H,10-11H2,(H,22,24). The van der Waals surface area contributed by atoms with Crippen LogP contribution in [0.2, 0.25) is 0 Å². The molecule has 0 saturated carbocycles. The number of carbonyl (C=O) groups is 1. The molecule has 0 radical (unpaired) electrons. The molecule has 0 saturated heterocycles. The van der Waals surface area contributed by atoms with Gasteiger partial charge in [0.05, 0.1) is 11.9 Å². The van der Waals surface area contributed by atoms with Crippen LogP contribution in [0.3, 0.4) is 0 Å². The van der Waals surface area contributed by atoms with Crippen molar-refractivity contribution in [1.82, 2.24) is 14.9 Å². The summed E-state index contributed by atoms with van der Waals surface area (Å²) in [4.78, 5) is 15.9. The SMILES string of the molecule is O=C(NCc1ccc(Cn2ccnc2)cc1)c1cc(F)ccc1F. The minimum atomic E-state index is -0.746. The van der Waals surface area contributed by atoms with E-state index in [2.05, 4.69) is 10.3 Å². The van der Waals surface area contributed by atoms with Crippen LogP contribution in [-0.4, -0.2) is 15.5 Å². The Morgan fingerprint density at radius 3 is 2.54 bits per heavy atom. The Labute approximate surface area is 137 Å². The van der Waals surface area contributed by atoms with Gasteiger partial charge in [-0.25, -0.2) is 13.8 Å². The second-order valence-electron chi connectivity index (χ2n) is 5.36. The first kappa shape index (κ1) is 15.9. The highest BCUT2D eigenvalue weighted by Gasteiger charge is 2.12. The molecule has 0 atom stereocenters. The predicted molar refractivity (Wildman–Crippen MR) is 85.3 cm³/mol. The summed E-state index contributed by atoms with van der Waals surface area (Å²) < 4.78 is 28.6. The Bertz CT molecular complexity index is 830. The number of amides is 1. The first-order valence-corrected chi connectivity index (χ1v) is 7.38. The highest BCUT2D eigenvalue weighted by molar-refractivity contribution is 5.94. The largest absolute Gasteiger partial charge is 0.348 e. The molecule has 0 unspecified atom stereocenters. The first-order valence-electron chi connectivity index (χ1n) is 7.38. The summed E-state index contributed by atoms with van der Waals surface area (Å²) in [5, 5.41) is 2.59. The Balaban J connectivity index is 1.60. The van der Waals surface area contributed by atoms with Gasteiger partial charge >= 0.3 is 0 Å². The van der Waals surface area contributed by atoms with E-state index < -0.39 is 17.5 Å². The summed E-state index contributed by atoms with van der Waals surface area (Å²) in [5.74, 6) is -2.04. The molecule has 3 rings (SSSR count). The van der Waals surface area contributed by atoms with Crippen LogP contribution in [0, 0.1) is 11.6 Å². The Hall–Kier alpha value is -3.02. The third-order valence-corrected chi connectivity index (χ3v) is 3.57. The van der Waals surface area contributed by atoms with E-state index in [4.69, 9.17) is 0 Å². The molecule has 1 N–H and O–H groups in total. The number of benzene rings is 2. The van der Waals surface area contributed by atoms with Crippen molar-refractivity contribution in [1.29, 1.82) is 0 Å². The van der Waals surface area contributed by atoms with Gasteiger partial charge in [-0.15, -0.1) is 0 Å². The molecular weight excluding hydrogens is 312 g/mol. The molecule has 1 amide bonds. The highest BCUT2D eigenvalue weighted by atomic mass is 19.1. The van der Waals surface area contributed by atoms with E-state index in [9.17, 15) is 13.6 Å². The van der Waals surface area contributed by atoms with Crippen LogP contribution in [0.1, 0.15) is 21.5 Å². The van der Waals surface area contributed by atoms with Crippen LogP contribution in [-0.2, 0) is 13.1 Å². The van der Waals surface area contributed by atoms with Gasteiger partial charge in [-0.1, -0.05) is 24.3 Å². The van der Waals surface area contributed by atoms with Crippen LogP contribution in [0.5, 0.6) is 0 Å². The molecule has 4 nitrogen and oxygen atoms in total. The van der Waals surface area contributed by atoms with Gasteiger partial charge in [0.25, 0.3) is 5.91 Å². The molecule has 0 aliphatic heterocycles. The van der Waals surface area contributed by atoms with Crippen molar-refractivity contribution in [2.24, 2.45) is 0 Å². The monoisotopic (exact) mass is 327 g/mol. The molecule has 0 aliphatic rings. The van der Waals surface area contributed by atoms with Crippen molar-refractivity contribution >= 4 is 5.91 Å². The summed E-state index contributed by atoms with van der Waals surface area (Å²) in [6.45, 7) is 0.946. The summed E-state index contributed by atoms with van der Waals surface area (Å²) in [6.07, 6.45) is 5.33.